The predicted molar refractivity (Wildman–Crippen MR) is 83.6 cm³/mol. The summed E-state index contributed by atoms with van der Waals surface area (Å²) in [5.74, 6) is -0.789. The molecule has 1 N–H and O–H groups in total. The van der Waals surface area contributed by atoms with E-state index in [2.05, 4.69) is 15.2 Å². The number of pyridine rings is 1. The Morgan fingerprint density at radius 3 is 2.57 bits per heavy atom. The van der Waals surface area contributed by atoms with Crippen molar-refractivity contribution in [3.8, 4) is 0 Å². The Kier molecular flexibility index (Phi) is 4.79. The van der Waals surface area contributed by atoms with E-state index in [1.54, 1.807) is 12.1 Å². The zero-order valence-corrected chi connectivity index (χ0v) is 13.8. The highest BCUT2D eigenvalue weighted by atomic mass is 32.2. The maximum Gasteiger partial charge on any atom is 0.335 e. The van der Waals surface area contributed by atoms with E-state index in [0.717, 1.165) is 15.2 Å². The minimum absolute atomic E-state index is 0.162. The third kappa shape index (κ3) is 3.92. The van der Waals surface area contributed by atoms with Gasteiger partial charge < -0.3 is 10.0 Å². The number of carboxylic acids is 1. The van der Waals surface area contributed by atoms with Crippen LogP contribution in [-0.4, -0.2) is 40.4 Å². The van der Waals surface area contributed by atoms with Crippen molar-refractivity contribution in [1.29, 1.82) is 0 Å². The van der Waals surface area contributed by atoms with Gasteiger partial charge in [-0.05, 0) is 29.8 Å². The Bertz CT molecular complexity index is 655. The zero-order valence-electron chi connectivity index (χ0n) is 12.2. The van der Waals surface area contributed by atoms with Crippen LogP contribution < -0.4 is 4.90 Å². The Balaban J connectivity index is 2.31. The first-order chi connectivity index (χ1) is 9.86. The highest BCUT2D eigenvalue weighted by molar-refractivity contribution is 8.01. The molecule has 2 aromatic rings. The number of rotatable bonds is 5. The van der Waals surface area contributed by atoms with Gasteiger partial charge >= 0.3 is 5.97 Å². The van der Waals surface area contributed by atoms with Crippen LogP contribution in [0.3, 0.4) is 0 Å². The van der Waals surface area contributed by atoms with E-state index in [1.807, 2.05) is 32.8 Å². The van der Waals surface area contributed by atoms with Gasteiger partial charge in [-0.25, -0.2) is 9.78 Å². The second-order valence-electron chi connectivity index (χ2n) is 4.93. The van der Waals surface area contributed by atoms with Crippen LogP contribution in [-0.2, 0) is 0 Å². The van der Waals surface area contributed by atoms with Gasteiger partial charge in [-0.3, -0.25) is 0 Å². The molecule has 6 nitrogen and oxygen atoms in total. The molecule has 0 atom stereocenters. The maximum atomic E-state index is 11.2. The SMILES string of the molecule is CC(C)c1cc(C(=O)O)cc(Sc2nnc(N(C)C)s2)n1. The normalized spacial score (nSPS) is 10.9. The molecule has 2 heterocycles. The van der Waals surface area contributed by atoms with E-state index in [9.17, 15) is 9.90 Å². The van der Waals surface area contributed by atoms with Gasteiger partial charge in [0.1, 0.15) is 5.03 Å². The highest BCUT2D eigenvalue weighted by Crippen LogP contribution is 2.32. The van der Waals surface area contributed by atoms with Crippen molar-refractivity contribution in [2.24, 2.45) is 0 Å². The van der Waals surface area contributed by atoms with Crippen molar-refractivity contribution in [2.45, 2.75) is 29.1 Å². The molecule has 0 spiro atoms. The minimum Gasteiger partial charge on any atom is -0.478 e. The van der Waals surface area contributed by atoms with Crippen LogP contribution >= 0.6 is 23.1 Å². The van der Waals surface area contributed by atoms with Crippen LogP contribution in [0.4, 0.5) is 5.13 Å². The van der Waals surface area contributed by atoms with Gasteiger partial charge in [0, 0.05) is 19.8 Å². The van der Waals surface area contributed by atoms with E-state index in [0.29, 0.717) is 5.03 Å². The Morgan fingerprint density at radius 2 is 2.05 bits per heavy atom. The molecule has 2 aromatic heterocycles. The van der Waals surface area contributed by atoms with Crippen molar-refractivity contribution in [2.75, 3.05) is 19.0 Å². The molecule has 112 valence electrons. The minimum atomic E-state index is -0.951. The van der Waals surface area contributed by atoms with Crippen molar-refractivity contribution in [1.82, 2.24) is 15.2 Å². The van der Waals surface area contributed by atoms with Crippen LogP contribution in [0.5, 0.6) is 0 Å². The van der Waals surface area contributed by atoms with Crippen molar-refractivity contribution in [3.05, 3.63) is 23.4 Å². The van der Waals surface area contributed by atoms with Gasteiger partial charge in [-0.2, -0.15) is 0 Å². The fraction of sp³-hybridized carbons (Fsp3) is 0.385. The van der Waals surface area contributed by atoms with Crippen LogP contribution in [0, 0.1) is 0 Å². The molecule has 21 heavy (non-hydrogen) atoms. The Morgan fingerprint density at radius 1 is 1.33 bits per heavy atom. The quantitative estimate of drug-likeness (QED) is 0.905. The topological polar surface area (TPSA) is 79.2 Å². The average Bonchev–Trinajstić information content (AvgIpc) is 2.87. The first-order valence-electron chi connectivity index (χ1n) is 6.30. The monoisotopic (exact) mass is 324 g/mol. The van der Waals surface area contributed by atoms with Crippen LogP contribution in [0.2, 0.25) is 0 Å². The van der Waals surface area contributed by atoms with Gasteiger partial charge in [0.2, 0.25) is 5.13 Å². The molecule has 0 amide bonds. The third-order valence-corrected chi connectivity index (χ3v) is 4.69. The van der Waals surface area contributed by atoms with E-state index in [-0.39, 0.29) is 11.5 Å². The van der Waals surface area contributed by atoms with Gasteiger partial charge in [-0.1, -0.05) is 25.2 Å². The summed E-state index contributed by atoms with van der Waals surface area (Å²) in [5, 5.41) is 18.8. The second-order valence-corrected chi connectivity index (χ2v) is 7.15. The molecule has 0 aliphatic rings. The van der Waals surface area contributed by atoms with Crippen LogP contribution in [0.25, 0.3) is 0 Å². The van der Waals surface area contributed by atoms with Crippen LogP contribution in [0.15, 0.2) is 21.5 Å². The Hall–Kier alpha value is -1.67. The van der Waals surface area contributed by atoms with Gasteiger partial charge in [0.15, 0.2) is 4.34 Å². The summed E-state index contributed by atoms with van der Waals surface area (Å²) < 4.78 is 0.739. The lowest BCUT2D eigenvalue weighted by Crippen LogP contribution is -2.07. The van der Waals surface area contributed by atoms with E-state index in [4.69, 9.17) is 0 Å². The summed E-state index contributed by atoms with van der Waals surface area (Å²) in [5.41, 5.74) is 1.00. The first-order valence-corrected chi connectivity index (χ1v) is 7.94. The summed E-state index contributed by atoms with van der Waals surface area (Å²) in [6.45, 7) is 3.97. The lowest BCUT2D eigenvalue weighted by atomic mass is 10.1. The van der Waals surface area contributed by atoms with Gasteiger partial charge in [-0.15, -0.1) is 10.2 Å². The molecule has 0 aromatic carbocycles. The predicted octanol–water partition coefficient (Wildman–Crippen LogP) is 2.97. The summed E-state index contributed by atoms with van der Waals surface area (Å²) in [7, 11) is 3.80. The van der Waals surface area contributed by atoms with E-state index < -0.39 is 5.97 Å². The number of nitrogens with zero attached hydrogens (tertiary/aromatic N) is 4. The maximum absolute atomic E-state index is 11.2. The summed E-state index contributed by atoms with van der Waals surface area (Å²) in [6.07, 6.45) is 0. The van der Waals surface area contributed by atoms with Crippen LogP contribution in [0.1, 0.15) is 35.8 Å². The number of hydrogen-bond donors (Lipinski definition) is 1. The van der Waals surface area contributed by atoms with E-state index >= 15 is 0 Å². The molecule has 0 aliphatic heterocycles. The number of hydrogen-bond acceptors (Lipinski definition) is 7. The number of aromatic nitrogens is 3. The largest absolute Gasteiger partial charge is 0.478 e. The molecule has 0 saturated heterocycles. The second kappa shape index (κ2) is 6.40. The summed E-state index contributed by atoms with van der Waals surface area (Å²) in [6, 6.07) is 3.18. The summed E-state index contributed by atoms with van der Waals surface area (Å²) >= 11 is 2.78. The number of carbonyl (C=O) groups is 1. The fourth-order valence-corrected chi connectivity index (χ4v) is 3.26. The van der Waals surface area contributed by atoms with Crippen molar-refractivity contribution < 1.29 is 9.90 Å². The summed E-state index contributed by atoms with van der Waals surface area (Å²) in [4.78, 5) is 17.6. The molecule has 0 unspecified atom stereocenters. The molecule has 0 fully saturated rings. The lowest BCUT2D eigenvalue weighted by Gasteiger charge is -2.08. The third-order valence-electron chi connectivity index (χ3n) is 2.63. The van der Waals surface area contributed by atoms with Gasteiger partial charge in [0.25, 0.3) is 0 Å². The average molecular weight is 324 g/mol. The molecule has 0 saturated carbocycles. The number of anilines is 1. The molecular weight excluding hydrogens is 308 g/mol. The zero-order chi connectivity index (χ0) is 15.6. The molecule has 0 radical (unpaired) electrons. The molecular formula is C13H16N4O2S2. The number of aromatic carboxylic acids is 1. The standard InChI is InChI=1S/C13H16N4O2S2/c1-7(2)9-5-8(11(18)19)6-10(14-9)20-13-16-15-12(21-13)17(3)4/h5-7H,1-4H3,(H,18,19). The van der Waals surface area contributed by atoms with Crippen molar-refractivity contribution in [3.63, 3.8) is 0 Å². The fourth-order valence-electron chi connectivity index (χ4n) is 1.51. The molecule has 0 aliphatic carbocycles. The molecule has 8 heteroatoms. The van der Waals surface area contributed by atoms with Gasteiger partial charge in [0.05, 0.1) is 5.56 Å². The highest BCUT2D eigenvalue weighted by Gasteiger charge is 2.14. The number of carboxylic acid groups (broad SMARTS) is 1. The lowest BCUT2D eigenvalue weighted by molar-refractivity contribution is 0.0696. The Labute approximate surface area is 131 Å². The first kappa shape index (κ1) is 15.7. The molecule has 0 bridgehead atoms. The smallest absolute Gasteiger partial charge is 0.335 e. The van der Waals surface area contributed by atoms with Crippen molar-refractivity contribution >= 4 is 34.2 Å². The van der Waals surface area contributed by atoms with E-state index in [1.165, 1.54) is 23.1 Å². The molecule has 2 rings (SSSR count).